The zero-order valence-corrected chi connectivity index (χ0v) is 11.2. The molecule has 0 aliphatic carbocycles. The molecule has 0 aromatic heterocycles. The lowest BCUT2D eigenvalue weighted by Gasteiger charge is -2.33. The molecule has 0 spiro atoms. The maximum absolute atomic E-state index is 3.55. The van der Waals surface area contributed by atoms with Crippen molar-refractivity contribution in [3.63, 3.8) is 0 Å². The van der Waals surface area contributed by atoms with Gasteiger partial charge < -0.3 is 5.32 Å². The molecule has 2 aliphatic rings. The fourth-order valence-electron chi connectivity index (χ4n) is 3.20. The molecular formula is C16H22N2. The fourth-order valence-corrected chi connectivity index (χ4v) is 3.20. The summed E-state index contributed by atoms with van der Waals surface area (Å²) in [7, 11) is 0. The molecule has 0 radical (unpaired) electrons. The summed E-state index contributed by atoms with van der Waals surface area (Å²) in [6, 6.07) is 8.90. The van der Waals surface area contributed by atoms with Crippen LogP contribution in [0.1, 0.15) is 30.4 Å². The number of fused-ring (bicyclic) bond motifs is 1. The summed E-state index contributed by atoms with van der Waals surface area (Å²) < 4.78 is 0. The average molecular weight is 242 g/mol. The highest BCUT2D eigenvalue weighted by molar-refractivity contribution is 5.33. The van der Waals surface area contributed by atoms with Crippen LogP contribution < -0.4 is 5.32 Å². The van der Waals surface area contributed by atoms with Crippen LogP contribution in [-0.4, -0.2) is 31.1 Å². The Hall–Kier alpha value is -1.12. The molecule has 3 rings (SSSR count). The van der Waals surface area contributed by atoms with Crippen LogP contribution in [0.3, 0.4) is 0 Å². The number of benzene rings is 1. The molecule has 0 bridgehead atoms. The molecule has 0 fully saturated rings. The zero-order valence-electron chi connectivity index (χ0n) is 11.2. The molecule has 0 saturated carbocycles. The largest absolute Gasteiger partial charge is 0.312 e. The molecule has 2 heteroatoms. The van der Waals surface area contributed by atoms with Gasteiger partial charge in [-0.3, -0.25) is 4.90 Å². The van der Waals surface area contributed by atoms with E-state index in [1.165, 1.54) is 30.6 Å². The smallest absolute Gasteiger partial charge is 0.0208 e. The van der Waals surface area contributed by atoms with E-state index in [-0.39, 0.29) is 0 Å². The average Bonchev–Trinajstić information content (AvgIpc) is 2.39. The second-order valence-electron chi connectivity index (χ2n) is 5.60. The summed E-state index contributed by atoms with van der Waals surface area (Å²) in [6.45, 7) is 7.96. The Kier molecular flexibility index (Phi) is 3.48. The van der Waals surface area contributed by atoms with E-state index in [1.807, 2.05) is 0 Å². The molecule has 0 amide bonds. The van der Waals surface area contributed by atoms with Gasteiger partial charge in [0.1, 0.15) is 0 Å². The van der Waals surface area contributed by atoms with Gasteiger partial charge in [0.05, 0.1) is 0 Å². The maximum Gasteiger partial charge on any atom is 0.0208 e. The van der Waals surface area contributed by atoms with E-state index in [4.69, 9.17) is 0 Å². The number of hydrogen-bond donors (Lipinski definition) is 1. The Morgan fingerprint density at radius 2 is 2.22 bits per heavy atom. The molecule has 1 atom stereocenters. The molecule has 0 saturated heterocycles. The molecule has 2 nitrogen and oxygen atoms in total. The SMILES string of the molecule is CC1=CCCN(CC2CNCc3ccccc32)C1. The predicted octanol–water partition coefficient (Wildman–Crippen LogP) is 2.53. The molecule has 1 aromatic rings. The Balaban J connectivity index is 1.72. The number of nitrogens with one attached hydrogen (secondary N) is 1. The summed E-state index contributed by atoms with van der Waals surface area (Å²) in [6.07, 6.45) is 3.59. The van der Waals surface area contributed by atoms with Crippen molar-refractivity contribution in [3.8, 4) is 0 Å². The molecule has 1 aromatic carbocycles. The Bertz CT molecular complexity index is 450. The molecule has 96 valence electrons. The summed E-state index contributed by atoms with van der Waals surface area (Å²) >= 11 is 0. The van der Waals surface area contributed by atoms with E-state index < -0.39 is 0 Å². The van der Waals surface area contributed by atoms with E-state index in [2.05, 4.69) is 47.5 Å². The van der Waals surface area contributed by atoms with Crippen LogP contribution in [0, 0.1) is 0 Å². The first-order valence-electron chi connectivity index (χ1n) is 6.99. The van der Waals surface area contributed by atoms with Gasteiger partial charge in [-0.1, -0.05) is 35.9 Å². The van der Waals surface area contributed by atoms with E-state index in [1.54, 1.807) is 5.56 Å². The lowest BCUT2D eigenvalue weighted by molar-refractivity contribution is 0.264. The van der Waals surface area contributed by atoms with Gasteiger partial charge in [-0.05, 0) is 24.5 Å². The monoisotopic (exact) mass is 242 g/mol. The van der Waals surface area contributed by atoms with Gasteiger partial charge in [0.25, 0.3) is 0 Å². The lowest BCUT2D eigenvalue weighted by atomic mass is 9.90. The van der Waals surface area contributed by atoms with Crippen molar-refractivity contribution in [3.05, 3.63) is 47.0 Å². The van der Waals surface area contributed by atoms with Crippen molar-refractivity contribution >= 4 is 0 Å². The van der Waals surface area contributed by atoms with Gasteiger partial charge >= 0.3 is 0 Å². The van der Waals surface area contributed by atoms with Crippen molar-refractivity contribution in [1.29, 1.82) is 0 Å². The molecule has 1 N–H and O–H groups in total. The highest BCUT2D eigenvalue weighted by Crippen LogP contribution is 2.25. The fraction of sp³-hybridized carbons (Fsp3) is 0.500. The Labute approximate surface area is 110 Å². The highest BCUT2D eigenvalue weighted by atomic mass is 15.1. The van der Waals surface area contributed by atoms with Gasteiger partial charge in [-0.15, -0.1) is 0 Å². The first-order valence-corrected chi connectivity index (χ1v) is 6.99. The van der Waals surface area contributed by atoms with Crippen LogP contribution in [0.5, 0.6) is 0 Å². The van der Waals surface area contributed by atoms with Crippen LogP contribution in [0.2, 0.25) is 0 Å². The summed E-state index contributed by atoms with van der Waals surface area (Å²) in [4.78, 5) is 2.60. The van der Waals surface area contributed by atoms with E-state index in [0.29, 0.717) is 5.92 Å². The third-order valence-electron chi connectivity index (χ3n) is 4.09. The van der Waals surface area contributed by atoms with Crippen molar-refractivity contribution in [2.45, 2.75) is 25.8 Å². The summed E-state index contributed by atoms with van der Waals surface area (Å²) in [5.41, 5.74) is 4.57. The van der Waals surface area contributed by atoms with Crippen LogP contribution in [-0.2, 0) is 6.54 Å². The standard InChI is InChI=1S/C16H22N2/c1-13-5-4-8-18(11-13)12-15-10-17-9-14-6-2-3-7-16(14)15/h2-3,5-7,15,17H,4,8-12H2,1H3. The first-order chi connectivity index (χ1) is 8.83. The number of rotatable bonds is 2. The summed E-state index contributed by atoms with van der Waals surface area (Å²) in [5, 5.41) is 3.55. The minimum absolute atomic E-state index is 0.654. The van der Waals surface area contributed by atoms with Gasteiger partial charge in [0.2, 0.25) is 0 Å². The third kappa shape index (κ3) is 2.50. The lowest BCUT2D eigenvalue weighted by Crippen LogP contribution is -2.38. The van der Waals surface area contributed by atoms with Crippen molar-refractivity contribution in [2.75, 3.05) is 26.2 Å². The van der Waals surface area contributed by atoms with Gasteiger partial charge in [-0.25, -0.2) is 0 Å². The quantitative estimate of drug-likeness (QED) is 0.802. The predicted molar refractivity (Wildman–Crippen MR) is 75.7 cm³/mol. The van der Waals surface area contributed by atoms with E-state index in [0.717, 1.165) is 19.6 Å². The molecule has 18 heavy (non-hydrogen) atoms. The van der Waals surface area contributed by atoms with Crippen LogP contribution in [0.4, 0.5) is 0 Å². The molecular weight excluding hydrogens is 220 g/mol. The molecule has 1 unspecified atom stereocenters. The van der Waals surface area contributed by atoms with Crippen LogP contribution in [0.15, 0.2) is 35.9 Å². The minimum atomic E-state index is 0.654. The van der Waals surface area contributed by atoms with E-state index >= 15 is 0 Å². The molecule has 2 heterocycles. The number of hydrogen-bond acceptors (Lipinski definition) is 2. The van der Waals surface area contributed by atoms with E-state index in [9.17, 15) is 0 Å². The number of nitrogens with zero attached hydrogens (tertiary/aromatic N) is 1. The Morgan fingerprint density at radius 1 is 1.33 bits per heavy atom. The van der Waals surface area contributed by atoms with Crippen LogP contribution >= 0.6 is 0 Å². The van der Waals surface area contributed by atoms with Gasteiger partial charge in [0.15, 0.2) is 0 Å². The first kappa shape index (κ1) is 11.9. The van der Waals surface area contributed by atoms with Gasteiger partial charge in [0, 0.05) is 38.6 Å². The van der Waals surface area contributed by atoms with Crippen molar-refractivity contribution < 1.29 is 0 Å². The third-order valence-corrected chi connectivity index (χ3v) is 4.09. The van der Waals surface area contributed by atoms with Crippen molar-refractivity contribution in [2.24, 2.45) is 0 Å². The molecule has 2 aliphatic heterocycles. The topological polar surface area (TPSA) is 15.3 Å². The Morgan fingerprint density at radius 3 is 3.11 bits per heavy atom. The van der Waals surface area contributed by atoms with Gasteiger partial charge in [-0.2, -0.15) is 0 Å². The second-order valence-corrected chi connectivity index (χ2v) is 5.60. The zero-order chi connectivity index (χ0) is 12.4. The van der Waals surface area contributed by atoms with Crippen molar-refractivity contribution in [1.82, 2.24) is 10.2 Å². The summed E-state index contributed by atoms with van der Waals surface area (Å²) in [5.74, 6) is 0.654. The highest BCUT2D eigenvalue weighted by Gasteiger charge is 2.22. The maximum atomic E-state index is 3.55. The van der Waals surface area contributed by atoms with Crippen LogP contribution in [0.25, 0.3) is 0 Å². The second kappa shape index (κ2) is 5.25. The minimum Gasteiger partial charge on any atom is -0.312 e. The normalized spacial score (nSPS) is 24.5.